The Bertz CT molecular complexity index is 187. The van der Waals surface area contributed by atoms with E-state index in [2.05, 4.69) is 24.6 Å². The average Bonchev–Trinajstić information content (AvgIpc) is 2.34. The van der Waals surface area contributed by atoms with Gasteiger partial charge in [0.15, 0.2) is 0 Å². The molecule has 0 unspecified atom stereocenters. The minimum atomic E-state index is 1.02. The topological polar surface area (TPSA) is 12.4 Å². The van der Waals surface area contributed by atoms with Crippen LogP contribution in [0.3, 0.4) is 0 Å². The first-order valence-electron chi connectivity index (χ1n) is 3.65. The molecule has 0 N–H and O–H groups in total. The first-order valence-corrected chi connectivity index (χ1v) is 3.65. The van der Waals surface area contributed by atoms with Crippen molar-refractivity contribution in [3.63, 3.8) is 0 Å². The molecule has 10 heavy (non-hydrogen) atoms. The molecule has 0 aromatic heterocycles. The highest BCUT2D eigenvalue weighted by molar-refractivity contribution is 5.64. The molecule has 1 aliphatic rings. The van der Waals surface area contributed by atoms with Crippen LogP contribution in [0, 0.1) is 0 Å². The maximum Gasteiger partial charge on any atom is 0.0366 e. The van der Waals surface area contributed by atoms with Crippen molar-refractivity contribution in [1.82, 2.24) is 0 Å². The van der Waals surface area contributed by atoms with Gasteiger partial charge in [0.2, 0.25) is 0 Å². The second-order valence-corrected chi connectivity index (χ2v) is 2.70. The summed E-state index contributed by atoms with van der Waals surface area (Å²) in [5.74, 6) is 0. The van der Waals surface area contributed by atoms with Gasteiger partial charge in [-0.05, 0) is 19.8 Å². The number of rotatable bonds is 3. The minimum Gasteiger partial charge on any atom is -0.266 e. The van der Waals surface area contributed by atoms with Crippen LogP contribution >= 0.6 is 0 Å². The molecule has 1 rings (SSSR count). The van der Waals surface area contributed by atoms with Crippen LogP contribution in [0.15, 0.2) is 28.9 Å². The minimum absolute atomic E-state index is 1.02. The van der Waals surface area contributed by atoms with Crippen LogP contribution in [0.25, 0.3) is 0 Å². The first-order chi connectivity index (χ1) is 4.79. The molecule has 1 aliphatic heterocycles. The molecule has 0 aromatic carbocycles. The Labute approximate surface area is 62.2 Å². The monoisotopic (exact) mass is 135 g/mol. The summed E-state index contributed by atoms with van der Waals surface area (Å²) in [6.45, 7) is 5.89. The van der Waals surface area contributed by atoms with E-state index in [0.29, 0.717) is 0 Å². The highest BCUT2D eigenvalue weighted by Crippen LogP contribution is 2.14. The number of nitrogens with zero attached hydrogens (tertiary/aromatic N) is 1. The summed E-state index contributed by atoms with van der Waals surface area (Å²) in [6, 6.07) is 0. The van der Waals surface area contributed by atoms with Crippen LogP contribution < -0.4 is 0 Å². The molecule has 0 bridgehead atoms. The van der Waals surface area contributed by atoms with Gasteiger partial charge < -0.3 is 0 Å². The van der Waals surface area contributed by atoms with Gasteiger partial charge in [0.05, 0.1) is 0 Å². The summed E-state index contributed by atoms with van der Waals surface area (Å²) in [5, 5.41) is 0. The van der Waals surface area contributed by atoms with Crippen LogP contribution in [-0.4, -0.2) is 6.21 Å². The van der Waals surface area contributed by atoms with Gasteiger partial charge in [-0.2, -0.15) is 0 Å². The molecule has 0 saturated carbocycles. The lowest BCUT2D eigenvalue weighted by molar-refractivity contribution is 0.920. The third kappa shape index (κ3) is 2.18. The zero-order valence-electron chi connectivity index (χ0n) is 6.43. The Hall–Kier alpha value is -0.850. The first kappa shape index (κ1) is 7.26. The molecule has 0 fully saturated rings. The van der Waals surface area contributed by atoms with Crippen LogP contribution in [0.5, 0.6) is 0 Å². The van der Waals surface area contributed by atoms with Gasteiger partial charge in [0.1, 0.15) is 0 Å². The SMILES string of the molecule is C=C(C)CCC1=CCC=N1. The second-order valence-electron chi connectivity index (χ2n) is 2.70. The predicted molar refractivity (Wildman–Crippen MR) is 45.2 cm³/mol. The van der Waals surface area contributed by atoms with E-state index < -0.39 is 0 Å². The van der Waals surface area contributed by atoms with Gasteiger partial charge in [-0.25, -0.2) is 0 Å². The third-order valence-corrected chi connectivity index (χ3v) is 1.52. The van der Waals surface area contributed by atoms with E-state index in [4.69, 9.17) is 0 Å². The van der Waals surface area contributed by atoms with Crippen molar-refractivity contribution in [3.05, 3.63) is 23.9 Å². The third-order valence-electron chi connectivity index (χ3n) is 1.52. The Balaban J connectivity index is 2.26. The van der Waals surface area contributed by atoms with Crippen molar-refractivity contribution >= 4 is 6.21 Å². The fourth-order valence-electron chi connectivity index (χ4n) is 0.919. The summed E-state index contributed by atoms with van der Waals surface area (Å²) < 4.78 is 0. The Morgan fingerprint density at radius 1 is 1.80 bits per heavy atom. The fraction of sp³-hybridized carbons (Fsp3) is 0.444. The molecule has 0 spiro atoms. The Morgan fingerprint density at radius 3 is 3.10 bits per heavy atom. The number of aliphatic imine (C=N–C) groups is 1. The lowest BCUT2D eigenvalue weighted by atomic mass is 10.1. The molecule has 54 valence electrons. The fourth-order valence-corrected chi connectivity index (χ4v) is 0.919. The largest absolute Gasteiger partial charge is 0.266 e. The lowest BCUT2D eigenvalue weighted by Gasteiger charge is -1.96. The summed E-state index contributed by atoms with van der Waals surface area (Å²) >= 11 is 0. The van der Waals surface area contributed by atoms with E-state index in [9.17, 15) is 0 Å². The van der Waals surface area contributed by atoms with Gasteiger partial charge >= 0.3 is 0 Å². The molecule has 0 aliphatic carbocycles. The van der Waals surface area contributed by atoms with E-state index in [-0.39, 0.29) is 0 Å². The highest BCUT2D eigenvalue weighted by atomic mass is 14.7. The van der Waals surface area contributed by atoms with E-state index >= 15 is 0 Å². The van der Waals surface area contributed by atoms with Gasteiger partial charge in [-0.3, -0.25) is 4.99 Å². The molecule has 0 amide bonds. The molecular weight excluding hydrogens is 122 g/mol. The molecular formula is C9H13N. The van der Waals surface area contributed by atoms with Gasteiger partial charge in [0, 0.05) is 18.3 Å². The molecule has 1 heterocycles. The molecule has 0 atom stereocenters. The van der Waals surface area contributed by atoms with E-state index in [0.717, 1.165) is 19.3 Å². The summed E-state index contributed by atoms with van der Waals surface area (Å²) in [4.78, 5) is 4.20. The van der Waals surface area contributed by atoms with Crippen molar-refractivity contribution in [3.8, 4) is 0 Å². The van der Waals surface area contributed by atoms with E-state index in [1.165, 1.54) is 11.3 Å². The molecule has 0 saturated heterocycles. The van der Waals surface area contributed by atoms with Gasteiger partial charge in [-0.1, -0.05) is 11.6 Å². The number of allylic oxidation sites excluding steroid dienone is 3. The number of hydrogen-bond acceptors (Lipinski definition) is 1. The predicted octanol–water partition coefficient (Wildman–Crippen LogP) is 2.70. The maximum atomic E-state index is 4.20. The van der Waals surface area contributed by atoms with E-state index in [1.807, 2.05) is 6.21 Å². The van der Waals surface area contributed by atoms with Crippen molar-refractivity contribution in [2.24, 2.45) is 4.99 Å². The Kier molecular flexibility index (Phi) is 2.43. The van der Waals surface area contributed by atoms with Gasteiger partial charge in [-0.15, -0.1) is 6.58 Å². The second kappa shape index (κ2) is 3.35. The normalized spacial score (nSPS) is 15.5. The molecule has 1 nitrogen and oxygen atoms in total. The standard InChI is InChI=1S/C9H13N/c1-8(2)5-6-9-4-3-7-10-9/h4,7H,1,3,5-6H2,2H3. The Morgan fingerprint density at radius 2 is 2.60 bits per heavy atom. The molecule has 0 aromatic rings. The zero-order chi connectivity index (χ0) is 7.40. The number of hydrogen-bond donors (Lipinski definition) is 0. The molecule has 1 heteroatoms. The van der Waals surface area contributed by atoms with Crippen LogP contribution in [-0.2, 0) is 0 Å². The van der Waals surface area contributed by atoms with Crippen LogP contribution in [0.1, 0.15) is 26.2 Å². The van der Waals surface area contributed by atoms with Crippen molar-refractivity contribution in [1.29, 1.82) is 0 Å². The quantitative estimate of drug-likeness (QED) is 0.527. The van der Waals surface area contributed by atoms with Crippen molar-refractivity contribution < 1.29 is 0 Å². The van der Waals surface area contributed by atoms with Crippen molar-refractivity contribution in [2.45, 2.75) is 26.2 Å². The summed E-state index contributed by atoms with van der Waals surface area (Å²) in [7, 11) is 0. The van der Waals surface area contributed by atoms with Gasteiger partial charge in [0.25, 0.3) is 0 Å². The maximum absolute atomic E-state index is 4.20. The van der Waals surface area contributed by atoms with Crippen LogP contribution in [0.4, 0.5) is 0 Å². The smallest absolute Gasteiger partial charge is 0.0366 e. The summed E-state index contributed by atoms with van der Waals surface area (Å²) in [5.41, 5.74) is 2.46. The average molecular weight is 135 g/mol. The molecule has 0 radical (unpaired) electrons. The van der Waals surface area contributed by atoms with Crippen LogP contribution in [0.2, 0.25) is 0 Å². The lowest BCUT2D eigenvalue weighted by Crippen LogP contribution is -1.77. The van der Waals surface area contributed by atoms with E-state index in [1.54, 1.807) is 0 Å². The highest BCUT2D eigenvalue weighted by Gasteiger charge is 1.97. The van der Waals surface area contributed by atoms with Crippen molar-refractivity contribution in [2.75, 3.05) is 0 Å². The zero-order valence-corrected chi connectivity index (χ0v) is 6.43. The summed E-state index contributed by atoms with van der Waals surface area (Å²) in [6.07, 6.45) is 7.28.